The van der Waals surface area contributed by atoms with Crippen molar-refractivity contribution in [2.75, 3.05) is 18.4 Å². The summed E-state index contributed by atoms with van der Waals surface area (Å²) in [5.74, 6) is -2.31. The number of aliphatic carboxylic acids is 1. The highest BCUT2D eigenvalue weighted by atomic mass is 32.2. The van der Waals surface area contributed by atoms with E-state index in [1.165, 1.54) is 19.2 Å². The molecule has 8 nitrogen and oxygen atoms in total. The number of anilines is 1. The lowest BCUT2D eigenvalue weighted by Gasteiger charge is -2.16. The highest BCUT2D eigenvalue weighted by molar-refractivity contribution is 7.92. The van der Waals surface area contributed by atoms with Gasteiger partial charge < -0.3 is 15.2 Å². The highest BCUT2D eigenvalue weighted by Crippen LogP contribution is 2.48. The van der Waals surface area contributed by atoms with E-state index in [2.05, 4.69) is 16.6 Å². The molecule has 1 fully saturated rings. The fraction of sp³-hybridized carbons (Fsp3) is 0.273. The Morgan fingerprint density at radius 3 is 2.24 bits per heavy atom. The summed E-state index contributed by atoms with van der Waals surface area (Å²) >= 11 is 0. The number of carbonyl (C=O) groups is 2. The lowest BCUT2D eigenvalue weighted by atomic mass is 9.95. The third kappa shape index (κ3) is 6.73. The van der Waals surface area contributed by atoms with Crippen molar-refractivity contribution < 1.29 is 41.0 Å². The van der Waals surface area contributed by atoms with Crippen LogP contribution in [0.4, 0.5) is 18.9 Å². The summed E-state index contributed by atoms with van der Waals surface area (Å²) in [4.78, 5) is 21.4. The molecule has 0 spiro atoms. The van der Waals surface area contributed by atoms with Gasteiger partial charge in [-0.25, -0.2) is 13.2 Å². The molecule has 1 aliphatic carbocycles. The van der Waals surface area contributed by atoms with Crippen molar-refractivity contribution in [3.05, 3.63) is 66.7 Å². The second-order valence-electron chi connectivity index (χ2n) is 7.25. The number of ether oxygens (including phenoxy) is 1. The molecule has 2 aromatic rings. The summed E-state index contributed by atoms with van der Waals surface area (Å²) in [7, 11) is -2.24. The molecule has 0 atom stereocenters. The summed E-state index contributed by atoms with van der Waals surface area (Å²) in [5, 5.41) is 9.96. The van der Waals surface area contributed by atoms with Gasteiger partial charge in [-0.05, 0) is 42.7 Å². The molecule has 0 aliphatic heterocycles. The molecule has 0 bridgehead atoms. The lowest BCUT2D eigenvalue weighted by molar-refractivity contribution is -0.192. The second-order valence-corrected chi connectivity index (χ2v) is 8.93. The number of methoxy groups -OCH3 is 1. The topological polar surface area (TPSA) is 122 Å². The minimum Gasteiger partial charge on any atom is -0.497 e. The zero-order valence-corrected chi connectivity index (χ0v) is 18.9. The van der Waals surface area contributed by atoms with Gasteiger partial charge in [0.1, 0.15) is 5.75 Å². The van der Waals surface area contributed by atoms with Crippen LogP contribution < -0.4 is 14.8 Å². The number of benzene rings is 2. The minimum atomic E-state index is -5.08. The predicted octanol–water partition coefficient (Wildman–Crippen LogP) is 3.46. The Hall–Kier alpha value is -3.54. The van der Waals surface area contributed by atoms with Crippen LogP contribution in [0.3, 0.4) is 0 Å². The highest BCUT2D eigenvalue weighted by Gasteiger charge is 2.50. The Balaban J connectivity index is 0.000000509. The third-order valence-electron chi connectivity index (χ3n) is 4.88. The Kier molecular flexibility index (Phi) is 8.32. The average molecular weight is 500 g/mol. The van der Waals surface area contributed by atoms with E-state index in [4.69, 9.17) is 14.6 Å². The Morgan fingerprint density at radius 2 is 1.76 bits per heavy atom. The van der Waals surface area contributed by atoms with Crippen LogP contribution in [0.5, 0.6) is 5.75 Å². The van der Waals surface area contributed by atoms with Gasteiger partial charge in [-0.3, -0.25) is 9.52 Å². The first-order valence-electron chi connectivity index (χ1n) is 9.82. The van der Waals surface area contributed by atoms with E-state index in [9.17, 15) is 26.4 Å². The van der Waals surface area contributed by atoms with Crippen molar-refractivity contribution in [3.63, 3.8) is 0 Å². The van der Waals surface area contributed by atoms with Crippen LogP contribution in [0.2, 0.25) is 0 Å². The standard InChI is InChI=1S/C20H22N2O4S.C2HF3O2/c1-3-13-21-19(23)20(11-12-20)15-7-9-16(10-8-15)22-27(24,25)18-6-4-5-17(14-18)26-2;3-2(4,5)1(6)7/h3-10,14,22H,1,11-13H2,2H3,(H,21,23);(H,6,7). The molecule has 0 saturated heterocycles. The number of hydrogen-bond acceptors (Lipinski definition) is 5. The smallest absolute Gasteiger partial charge is 0.490 e. The van der Waals surface area contributed by atoms with E-state index < -0.39 is 27.6 Å². The van der Waals surface area contributed by atoms with Gasteiger partial charge in [0.15, 0.2) is 0 Å². The number of sulfonamides is 1. The molecule has 12 heteroatoms. The molecule has 1 amide bonds. The van der Waals surface area contributed by atoms with Crippen molar-refractivity contribution in [2.45, 2.75) is 29.3 Å². The van der Waals surface area contributed by atoms with E-state index in [1.807, 2.05) is 0 Å². The van der Waals surface area contributed by atoms with E-state index in [1.54, 1.807) is 42.5 Å². The van der Waals surface area contributed by atoms with Crippen LogP contribution in [0.1, 0.15) is 18.4 Å². The maximum absolute atomic E-state index is 12.6. The maximum Gasteiger partial charge on any atom is 0.490 e. The van der Waals surface area contributed by atoms with Crippen LogP contribution in [0.15, 0.2) is 66.1 Å². The number of rotatable bonds is 8. The number of halogens is 3. The Morgan fingerprint density at radius 1 is 1.18 bits per heavy atom. The van der Waals surface area contributed by atoms with Crippen molar-refractivity contribution in [1.82, 2.24) is 5.32 Å². The Bertz CT molecular complexity index is 1140. The van der Waals surface area contributed by atoms with Gasteiger partial charge in [0.2, 0.25) is 5.91 Å². The molecule has 34 heavy (non-hydrogen) atoms. The number of hydrogen-bond donors (Lipinski definition) is 3. The summed E-state index contributed by atoms with van der Waals surface area (Å²) in [6, 6.07) is 13.2. The molecule has 0 heterocycles. The predicted molar refractivity (Wildman–Crippen MR) is 118 cm³/mol. The van der Waals surface area contributed by atoms with Crippen LogP contribution >= 0.6 is 0 Å². The van der Waals surface area contributed by atoms with Crippen molar-refractivity contribution >= 4 is 27.6 Å². The van der Waals surface area contributed by atoms with E-state index in [-0.39, 0.29) is 10.8 Å². The third-order valence-corrected chi connectivity index (χ3v) is 6.25. The fourth-order valence-corrected chi connectivity index (χ4v) is 4.04. The lowest BCUT2D eigenvalue weighted by Crippen LogP contribution is -2.34. The first-order chi connectivity index (χ1) is 15.9. The average Bonchev–Trinajstić information content (AvgIpc) is 3.59. The molecule has 3 N–H and O–H groups in total. The van der Waals surface area contributed by atoms with Gasteiger partial charge in [-0.1, -0.05) is 24.3 Å². The SMILES string of the molecule is C=CCNC(=O)C1(c2ccc(NS(=O)(=O)c3cccc(OC)c3)cc2)CC1.O=C(O)C(F)(F)F. The van der Waals surface area contributed by atoms with Crippen LogP contribution in [0, 0.1) is 0 Å². The van der Waals surface area contributed by atoms with Crippen molar-refractivity contribution in [1.29, 1.82) is 0 Å². The fourth-order valence-electron chi connectivity index (χ4n) is 2.95. The molecular weight excluding hydrogens is 477 g/mol. The zero-order valence-electron chi connectivity index (χ0n) is 18.1. The summed E-state index contributed by atoms with van der Waals surface area (Å²) in [6.45, 7) is 4.03. The van der Waals surface area contributed by atoms with Crippen LogP contribution in [-0.4, -0.2) is 45.2 Å². The summed E-state index contributed by atoms with van der Waals surface area (Å²) in [6.07, 6.45) is -1.87. The number of amides is 1. The van der Waals surface area contributed by atoms with Gasteiger partial charge in [-0.2, -0.15) is 13.2 Å². The quantitative estimate of drug-likeness (QED) is 0.478. The van der Waals surface area contributed by atoms with Crippen LogP contribution in [-0.2, 0) is 25.0 Å². The molecule has 1 saturated carbocycles. The molecule has 3 rings (SSSR count). The molecule has 0 radical (unpaired) electrons. The van der Waals surface area contributed by atoms with E-state index in [0.29, 0.717) is 18.0 Å². The summed E-state index contributed by atoms with van der Waals surface area (Å²) < 4.78 is 64.5. The molecule has 184 valence electrons. The van der Waals surface area contributed by atoms with Crippen molar-refractivity contribution in [2.24, 2.45) is 0 Å². The monoisotopic (exact) mass is 500 g/mol. The largest absolute Gasteiger partial charge is 0.497 e. The van der Waals surface area contributed by atoms with Crippen LogP contribution in [0.25, 0.3) is 0 Å². The van der Waals surface area contributed by atoms with Crippen molar-refractivity contribution in [3.8, 4) is 5.75 Å². The van der Waals surface area contributed by atoms with Gasteiger partial charge in [0.05, 0.1) is 17.4 Å². The molecule has 0 aromatic heterocycles. The number of nitrogens with one attached hydrogen (secondary N) is 2. The number of carboxylic acid groups (broad SMARTS) is 1. The van der Waals surface area contributed by atoms with Gasteiger partial charge >= 0.3 is 12.1 Å². The Labute approximate surface area is 194 Å². The molecule has 2 aromatic carbocycles. The number of carbonyl (C=O) groups excluding carboxylic acids is 1. The van der Waals surface area contributed by atoms with E-state index in [0.717, 1.165) is 18.4 Å². The first kappa shape index (κ1) is 26.7. The molecular formula is C22H23F3N2O6S. The number of alkyl halides is 3. The molecule has 1 aliphatic rings. The summed E-state index contributed by atoms with van der Waals surface area (Å²) in [5.41, 5.74) is 0.810. The minimum absolute atomic E-state index is 0.0212. The zero-order chi connectivity index (χ0) is 25.6. The van der Waals surface area contributed by atoms with Gasteiger partial charge in [0.25, 0.3) is 10.0 Å². The molecule has 0 unspecified atom stereocenters. The second kappa shape index (κ2) is 10.6. The van der Waals surface area contributed by atoms with E-state index >= 15 is 0 Å². The number of carboxylic acids is 1. The van der Waals surface area contributed by atoms with Gasteiger partial charge in [0, 0.05) is 18.3 Å². The normalized spacial score (nSPS) is 14.1. The maximum atomic E-state index is 12.6. The first-order valence-corrected chi connectivity index (χ1v) is 11.3. The van der Waals surface area contributed by atoms with Gasteiger partial charge in [-0.15, -0.1) is 6.58 Å².